The van der Waals surface area contributed by atoms with Crippen LogP contribution in [0, 0.1) is 6.92 Å². The van der Waals surface area contributed by atoms with Crippen LogP contribution in [-0.2, 0) is 9.53 Å². The first-order chi connectivity index (χ1) is 10.6. The summed E-state index contributed by atoms with van der Waals surface area (Å²) in [6.45, 7) is 6.77. The molecule has 0 spiro atoms. The molecule has 120 valence electrons. The number of ether oxygens (including phenoxy) is 1. The van der Waals surface area contributed by atoms with Gasteiger partial charge >= 0.3 is 12.0 Å². The first kappa shape index (κ1) is 17.8. The lowest BCUT2D eigenvalue weighted by molar-refractivity contribution is -0.137. The average Bonchev–Trinajstić information content (AvgIpc) is 2.48. The Labute approximate surface area is 131 Å². The molecule has 0 atom stereocenters. The number of aryl methyl sites for hydroxylation is 1. The van der Waals surface area contributed by atoms with E-state index in [2.05, 4.69) is 10.6 Å². The van der Waals surface area contributed by atoms with Crippen LogP contribution in [0.3, 0.4) is 0 Å². The van der Waals surface area contributed by atoms with Crippen molar-refractivity contribution >= 4 is 23.8 Å². The number of carbonyl (C=O) groups excluding carboxylic acids is 2. The Hall–Kier alpha value is -2.30. The number of nitrogens with one attached hydrogen (secondary N) is 2. The molecule has 0 bridgehead atoms. The van der Waals surface area contributed by atoms with Gasteiger partial charge in [0.1, 0.15) is 0 Å². The van der Waals surface area contributed by atoms with Crippen LogP contribution < -0.4 is 10.6 Å². The topological polar surface area (TPSA) is 67.4 Å². The highest BCUT2D eigenvalue weighted by Gasteiger charge is 2.07. The van der Waals surface area contributed by atoms with Crippen molar-refractivity contribution in [3.05, 3.63) is 35.4 Å². The lowest BCUT2D eigenvalue weighted by atomic mass is 10.1. The molecule has 1 aromatic carbocycles. The summed E-state index contributed by atoms with van der Waals surface area (Å²) in [6.07, 6.45) is 4.87. The number of hydrogen-bond donors (Lipinski definition) is 2. The van der Waals surface area contributed by atoms with Gasteiger partial charge in [-0.1, -0.05) is 31.5 Å². The summed E-state index contributed by atoms with van der Waals surface area (Å²) in [5.74, 6) is -0.376. The molecule has 0 aliphatic heterocycles. The maximum atomic E-state index is 11.7. The third kappa shape index (κ3) is 5.99. The summed E-state index contributed by atoms with van der Waals surface area (Å²) in [4.78, 5) is 23.3. The zero-order chi connectivity index (χ0) is 16.4. The van der Waals surface area contributed by atoms with Gasteiger partial charge in [-0.2, -0.15) is 0 Å². The number of benzene rings is 1. The summed E-state index contributed by atoms with van der Waals surface area (Å²) < 4.78 is 5.07. The molecule has 0 fully saturated rings. The van der Waals surface area contributed by atoms with E-state index in [-0.39, 0.29) is 12.0 Å². The number of urea groups is 1. The Kier molecular flexibility index (Phi) is 7.75. The van der Waals surface area contributed by atoms with Gasteiger partial charge in [0, 0.05) is 12.6 Å². The van der Waals surface area contributed by atoms with Crippen LogP contribution >= 0.6 is 0 Å². The third-order valence-corrected chi connectivity index (χ3v) is 3.02. The van der Waals surface area contributed by atoms with Gasteiger partial charge in [0.15, 0.2) is 0 Å². The minimum Gasteiger partial charge on any atom is -0.463 e. The van der Waals surface area contributed by atoms with E-state index in [1.54, 1.807) is 6.08 Å². The normalized spacial score (nSPS) is 10.5. The summed E-state index contributed by atoms with van der Waals surface area (Å²) in [5.41, 5.74) is 2.37. The molecule has 0 heterocycles. The fraction of sp³-hybridized carbons (Fsp3) is 0.412. The minimum atomic E-state index is -0.376. The number of rotatable bonds is 7. The van der Waals surface area contributed by atoms with Crippen molar-refractivity contribution in [2.45, 2.75) is 33.6 Å². The standard InChI is InChI=1S/C17H24N2O3/c1-4-6-12-22-15(20)11-10-14-9-7-8-13(3)16(14)19-17(21)18-5-2/h7-11H,4-6,12H2,1-3H3,(H2,18,19,21)/b11-10+. The van der Waals surface area contributed by atoms with E-state index >= 15 is 0 Å². The Morgan fingerprint density at radius 2 is 2.05 bits per heavy atom. The second kappa shape index (κ2) is 9.60. The smallest absolute Gasteiger partial charge is 0.330 e. The van der Waals surface area contributed by atoms with Gasteiger partial charge in [-0.15, -0.1) is 0 Å². The fourth-order valence-corrected chi connectivity index (χ4v) is 1.84. The largest absolute Gasteiger partial charge is 0.463 e. The summed E-state index contributed by atoms with van der Waals surface area (Å²) in [6, 6.07) is 5.35. The zero-order valence-electron chi connectivity index (χ0n) is 13.4. The molecule has 2 amide bonds. The highest BCUT2D eigenvalue weighted by molar-refractivity contribution is 5.94. The Morgan fingerprint density at radius 1 is 1.27 bits per heavy atom. The first-order valence-corrected chi connectivity index (χ1v) is 7.57. The lowest BCUT2D eigenvalue weighted by Gasteiger charge is -2.12. The highest BCUT2D eigenvalue weighted by Crippen LogP contribution is 2.21. The van der Waals surface area contributed by atoms with E-state index in [4.69, 9.17) is 4.74 Å². The lowest BCUT2D eigenvalue weighted by Crippen LogP contribution is -2.28. The van der Waals surface area contributed by atoms with Crippen molar-refractivity contribution in [3.63, 3.8) is 0 Å². The number of carbonyl (C=O) groups is 2. The third-order valence-electron chi connectivity index (χ3n) is 3.02. The van der Waals surface area contributed by atoms with Crippen molar-refractivity contribution in [3.8, 4) is 0 Å². The van der Waals surface area contributed by atoms with E-state index in [0.29, 0.717) is 18.8 Å². The van der Waals surface area contributed by atoms with Gasteiger partial charge in [-0.3, -0.25) is 0 Å². The number of amides is 2. The van der Waals surface area contributed by atoms with Crippen LogP contribution in [0.2, 0.25) is 0 Å². The number of esters is 1. The van der Waals surface area contributed by atoms with Crippen molar-refractivity contribution in [1.29, 1.82) is 0 Å². The van der Waals surface area contributed by atoms with Gasteiger partial charge in [0.2, 0.25) is 0 Å². The van der Waals surface area contributed by atoms with Crippen LogP contribution in [0.25, 0.3) is 6.08 Å². The van der Waals surface area contributed by atoms with E-state index < -0.39 is 0 Å². The number of anilines is 1. The molecule has 0 aromatic heterocycles. The summed E-state index contributed by atoms with van der Waals surface area (Å²) >= 11 is 0. The van der Waals surface area contributed by atoms with E-state index in [0.717, 1.165) is 24.0 Å². The zero-order valence-corrected chi connectivity index (χ0v) is 13.4. The van der Waals surface area contributed by atoms with Gasteiger partial charge in [-0.05, 0) is 37.5 Å². The van der Waals surface area contributed by atoms with Gasteiger partial charge < -0.3 is 15.4 Å². The summed E-state index contributed by atoms with van der Waals surface area (Å²) in [5, 5.41) is 5.48. The second-order valence-corrected chi connectivity index (χ2v) is 4.88. The first-order valence-electron chi connectivity index (χ1n) is 7.57. The van der Waals surface area contributed by atoms with E-state index in [9.17, 15) is 9.59 Å². The van der Waals surface area contributed by atoms with Crippen LogP contribution in [0.15, 0.2) is 24.3 Å². The highest BCUT2D eigenvalue weighted by atomic mass is 16.5. The number of hydrogen-bond acceptors (Lipinski definition) is 3. The maximum absolute atomic E-state index is 11.7. The molecule has 0 unspecified atom stereocenters. The van der Waals surface area contributed by atoms with Gasteiger partial charge in [-0.25, -0.2) is 9.59 Å². The molecule has 0 saturated heterocycles. The second-order valence-electron chi connectivity index (χ2n) is 4.88. The Morgan fingerprint density at radius 3 is 2.73 bits per heavy atom. The predicted molar refractivity (Wildman–Crippen MR) is 88.8 cm³/mol. The molecule has 5 nitrogen and oxygen atoms in total. The van der Waals surface area contributed by atoms with Crippen molar-refractivity contribution < 1.29 is 14.3 Å². The fourth-order valence-electron chi connectivity index (χ4n) is 1.84. The molecule has 0 radical (unpaired) electrons. The average molecular weight is 304 g/mol. The van der Waals surface area contributed by atoms with Crippen molar-refractivity contribution in [2.24, 2.45) is 0 Å². The Balaban J connectivity index is 2.79. The molecule has 0 saturated carbocycles. The SMILES string of the molecule is CCCCOC(=O)/C=C/c1cccc(C)c1NC(=O)NCC. The van der Waals surface area contributed by atoms with E-state index in [1.165, 1.54) is 6.08 Å². The summed E-state index contributed by atoms with van der Waals surface area (Å²) in [7, 11) is 0. The molecule has 5 heteroatoms. The molecule has 22 heavy (non-hydrogen) atoms. The van der Waals surface area contributed by atoms with Crippen LogP contribution in [-0.4, -0.2) is 25.2 Å². The van der Waals surface area contributed by atoms with Crippen molar-refractivity contribution in [2.75, 3.05) is 18.5 Å². The monoisotopic (exact) mass is 304 g/mol. The Bertz CT molecular complexity index is 539. The van der Waals surface area contributed by atoms with E-state index in [1.807, 2.05) is 39.0 Å². The molecular weight excluding hydrogens is 280 g/mol. The molecule has 0 aliphatic carbocycles. The molecule has 0 aliphatic rings. The quantitative estimate of drug-likeness (QED) is 0.460. The molecule has 1 rings (SSSR count). The molecule has 1 aromatic rings. The van der Waals surface area contributed by atoms with Crippen LogP contribution in [0.1, 0.15) is 37.8 Å². The maximum Gasteiger partial charge on any atom is 0.330 e. The van der Waals surface area contributed by atoms with Gasteiger partial charge in [0.25, 0.3) is 0 Å². The molecular formula is C17H24N2O3. The molecule has 2 N–H and O–H groups in total. The van der Waals surface area contributed by atoms with Crippen LogP contribution in [0.4, 0.5) is 10.5 Å². The van der Waals surface area contributed by atoms with Crippen molar-refractivity contribution in [1.82, 2.24) is 5.32 Å². The minimum absolute atomic E-state index is 0.267. The number of unbranched alkanes of at least 4 members (excludes halogenated alkanes) is 1. The predicted octanol–water partition coefficient (Wildman–Crippen LogP) is 3.49. The number of para-hydroxylation sites is 1. The van der Waals surface area contributed by atoms with Crippen LogP contribution in [0.5, 0.6) is 0 Å². The van der Waals surface area contributed by atoms with Gasteiger partial charge in [0.05, 0.1) is 12.3 Å².